The predicted octanol–water partition coefficient (Wildman–Crippen LogP) is 8.57. The summed E-state index contributed by atoms with van der Waals surface area (Å²) in [6.45, 7) is 18.2. The van der Waals surface area contributed by atoms with E-state index in [0.29, 0.717) is 12.2 Å². The topological polar surface area (TPSA) is 35.5 Å². The van der Waals surface area contributed by atoms with E-state index in [4.69, 9.17) is 9.16 Å². The van der Waals surface area contributed by atoms with Gasteiger partial charge in [-0.15, -0.1) is 0 Å². The molecule has 1 radical (unpaired) electrons. The molecule has 0 bridgehead atoms. The van der Waals surface area contributed by atoms with E-state index in [1.54, 1.807) is 0 Å². The van der Waals surface area contributed by atoms with Crippen LogP contribution in [0, 0.1) is 0 Å². The summed E-state index contributed by atoms with van der Waals surface area (Å²) < 4.78 is 11.9. The van der Waals surface area contributed by atoms with Gasteiger partial charge in [-0.05, 0) is 79.4 Å². The molecule has 0 spiro atoms. The number of ether oxygens (including phenoxy) is 1. The summed E-state index contributed by atoms with van der Waals surface area (Å²) in [4.78, 5) is 12.0. The van der Waals surface area contributed by atoms with Crippen molar-refractivity contribution in [2.45, 2.75) is 97.6 Å². The van der Waals surface area contributed by atoms with E-state index in [0.717, 1.165) is 11.3 Å². The Kier molecular flexibility index (Phi) is 8.69. The second-order valence-corrected chi connectivity index (χ2v) is 13.4. The van der Waals surface area contributed by atoms with Gasteiger partial charge in [-0.25, -0.2) is 4.79 Å². The van der Waals surface area contributed by atoms with Gasteiger partial charge < -0.3 is 9.16 Å². The molecule has 0 saturated heterocycles. The lowest BCUT2D eigenvalue weighted by Gasteiger charge is -2.40. The fraction of sp³-hybridized carbons (Fsp3) is 0.516. The van der Waals surface area contributed by atoms with Crippen LogP contribution in [-0.2, 0) is 15.6 Å². The monoisotopic (exact) mass is 491 g/mol. The number of carbonyl (C=O) groups excluding carboxylic acids is 1. The summed E-state index contributed by atoms with van der Waals surface area (Å²) in [5.41, 5.74) is 7.01. The minimum Gasteiger partial charge on any atom is -0.542 e. The number of esters is 1. The third-order valence-electron chi connectivity index (χ3n) is 7.06. The van der Waals surface area contributed by atoms with E-state index in [2.05, 4.69) is 65.9 Å². The number of rotatable bonds is 7. The van der Waals surface area contributed by atoms with Crippen molar-refractivity contribution in [3.8, 4) is 5.75 Å². The molecule has 0 N–H and O–H groups in total. The Bertz CT molecular complexity index is 1050. The lowest BCUT2D eigenvalue weighted by atomic mass is 9.65. The first-order chi connectivity index (χ1) is 16.5. The standard InChI is InChI=1S/C31H43O3Si/c1-9-33-29(32)24-15-13-23(14-16-24)21-22(2)25-17-18-26(30(3,4)5)27(28(25)34-35(7)8)31(6)19-11-10-12-20-31/h13-18,21H,9-12,19-20H2,1-8H3/b22-21-. The molecular weight excluding hydrogens is 448 g/mol. The van der Waals surface area contributed by atoms with Gasteiger partial charge in [0.15, 0.2) is 0 Å². The predicted molar refractivity (Wildman–Crippen MR) is 150 cm³/mol. The second kappa shape index (κ2) is 11.2. The van der Waals surface area contributed by atoms with Crippen molar-refractivity contribution < 1.29 is 14.0 Å². The van der Waals surface area contributed by atoms with Crippen LogP contribution in [0.15, 0.2) is 36.4 Å². The molecule has 0 atom stereocenters. The summed E-state index contributed by atoms with van der Waals surface area (Å²) in [6, 6.07) is 12.2. The number of hydrogen-bond donors (Lipinski definition) is 0. The molecule has 35 heavy (non-hydrogen) atoms. The summed E-state index contributed by atoms with van der Waals surface area (Å²) in [6.07, 6.45) is 8.50. The van der Waals surface area contributed by atoms with Crippen LogP contribution in [0.25, 0.3) is 11.6 Å². The highest BCUT2D eigenvalue weighted by atomic mass is 28.3. The summed E-state index contributed by atoms with van der Waals surface area (Å²) in [7, 11) is -0.961. The van der Waals surface area contributed by atoms with Crippen LogP contribution in [0.3, 0.4) is 0 Å². The van der Waals surface area contributed by atoms with E-state index in [1.165, 1.54) is 54.4 Å². The Labute approximate surface area is 214 Å². The number of benzene rings is 2. The van der Waals surface area contributed by atoms with Crippen LogP contribution in [0.5, 0.6) is 5.75 Å². The third-order valence-corrected chi connectivity index (χ3v) is 7.67. The Morgan fingerprint density at radius 1 is 1.03 bits per heavy atom. The molecule has 0 unspecified atom stereocenters. The zero-order valence-corrected chi connectivity index (χ0v) is 24.0. The maximum absolute atomic E-state index is 12.0. The molecule has 1 fully saturated rings. The van der Waals surface area contributed by atoms with Crippen molar-refractivity contribution in [2.24, 2.45) is 0 Å². The third kappa shape index (κ3) is 6.46. The van der Waals surface area contributed by atoms with E-state index in [9.17, 15) is 4.79 Å². The van der Waals surface area contributed by atoms with Gasteiger partial charge in [-0.2, -0.15) is 0 Å². The van der Waals surface area contributed by atoms with Crippen molar-refractivity contribution >= 4 is 26.7 Å². The van der Waals surface area contributed by atoms with E-state index in [1.807, 2.05) is 31.2 Å². The molecule has 1 aliphatic rings. The lowest BCUT2D eigenvalue weighted by molar-refractivity contribution is 0.0526. The van der Waals surface area contributed by atoms with Crippen molar-refractivity contribution in [3.63, 3.8) is 0 Å². The highest BCUT2D eigenvalue weighted by Gasteiger charge is 2.37. The second-order valence-electron chi connectivity index (χ2n) is 11.4. The maximum atomic E-state index is 12.0. The molecule has 0 aromatic heterocycles. The molecule has 189 valence electrons. The molecule has 3 rings (SSSR count). The first-order valence-electron chi connectivity index (χ1n) is 13.1. The fourth-order valence-corrected chi connectivity index (χ4v) is 5.89. The van der Waals surface area contributed by atoms with Crippen molar-refractivity contribution in [1.29, 1.82) is 0 Å². The van der Waals surface area contributed by atoms with E-state index in [-0.39, 0.29) is 16.8 Å². The maximum Gasteiger partial charge on any atom is 0.338 e. The zero-order valence-electron chi connectivity index (χ0n) is 23.0. The highest BCUT2D eigenvalue weighted by Crippen LogP contribution is 2.49. The molecule has 2 aromatic carbocycles. The normalized spacial score (nSPS) is 16.3. The minimum absolute atomic E-state index is 0.0430. The summed E-state index contributed by atoms with van der Waals surface area (Å²) in [5.74, 6) is 0.816. The number of allylic oxidation sites excluding steroid dienone is 1. The van der Waals surface area contributed by atoms with Gasteiger partial charge in [-0.1, -0.05) is 77.3 Å². The largest absolute Gasteiger partial charge is 0.542 e. The van der Waals surface area contributed by atoms with Crippen LogP contribution in [0.4, 0.5) is 0 Å². The Balaban J connectivity index is 2.14. The van der Waals surface area contributed by atoms with E-state index < -0.39 is 9.04 Å². The number of carbonyl (C=O) groups is 1. The zero-order chi connectivity index (χ0) is 25.8. The van der Waals surface area contributed by atoms with Gasteiger partial charge in [0.1, 0.15) is 5.75 Å². The SMILES string of the molecule is CCOC(=O)c1ccc(/C=C(/C)c2ccc(C(C)(C)C)c(C3(C)CCCCC3)c2O[Si](C)C)cc1. The first-order valence-corrected chi connectivity index (χ1v) is 15.5. The van der Waals surface area contributed by atoms with Gasteiger partial charge in [0.2, 0.25) is 0 Å². The summed E-state index contributed by atoms with van der Waals surface area (Å²) in [5, 5.41) is 0. The molecule has 1 aliphatic carbocycles. The van der Waals surface area contributed by atoms with Gasteiger partial charge in [0, 0.05) is 11.1 Å². The molecule has 1 saturated carbocycles. The van der Waals surface area contributed by atoms with Gasteiger partial charge in [-0.3, -0.25) is 0 Å². The van der Waals surface area contributed by atoms with Crippen LogP contribution < -0.4 is 4.43 Å². The van der Waals surface area contributed by atoms with E-state index >= 15 is 0 Å². The van der Waals surface area contributed by atoms with Crippen molar-refractivity contribution in [2.75, 3.05) is 6.61 Å². The smallest absolute Gasteiger partial charge is 0.338 e. The Hall–Kier alpha value is -2.33. The first kappa shape index (κ1) is 27.3. The fourth-order valence-electron chi connectivity index (χ4n) is 5.27. The van der Waals surface area contributed by atoms with Gasteiger partial charge in [0.25, 0.3) is 9.04 Å². The quantitative estimate of drug-likeness (QED) is 0.221. The molecule has 2 aromatic rings. The van der Waals surface area contributed by atoms with Gasteiger partial charge in [0.05, 0.1) is 12.2 Å². The van der Waals surface area contributed by atoms with Crippen molar-refractivity contribution in [1.82, 2.24) is 0 Å². The van der Waals surface area contributed by atoms with Crippen molar-refractivity contribution in [3.05, 3.63) is 64.2 Å². The summed E-state index contributed by atoms with van der Waals surface area (Å²) >= 11 is 0. The minimum atomic E-state index is -0.961. The molecule has 0 heterocycles. The highest BCUT2D eigenvalue weighted by molar-refractivity contribution is 6.49. The van der Waals surface area contributed by atoms with Crippen LogP contribution in [0.1, 0.15) is 106 Å². The van der Waals surface area contributed by atoms with Gasteiger partial charge >= 0.3 is 5.97 Å². The average molecular weight is 492 g/mol. The molecular formula is C31H43O3Si. The van der Waals surface area contributed by atoms with Crippen LogP contribution >= 0.6 is 0 Å². The average Bonchev–Trinajstić information content (AvgIpc) is 2.78. The molecule has 3 nitrogen and oxygen atoms in total. The Morgan fingerprint density at radius 3 is 2.20 bits per heavy atom. The molecule has 4 heteroatoms. The Morgan fingerprint density at radius 2 is 1.66 bits per heavy atom. The van der Waals surface area contributed by atoms with Crippen LogP contribution in [-0.4, -0.2) is 21.6 Å². The number of hydrogen-bond acceptors (Lipinski definition) is 3. The van der Waals surface area contributed by atoms with Crippen LogP contribution in [0.2, 0.25) is 13.1 Å². The lowest BCUT2D eigenvalue weighted by Crippen LogP contribution is -2.31. The molecule has 0 amide bonds. The molecule has 0 aliphatic heterocycles.